The molecule has 0 saturated carbocycles. The summed E-state index contributed by atoms with van der Waals surface area (Å²) < 4.78 is 1.53. The highest BCUT2D eigenvalue weighted by molar-refractivity contribution is 6.33. The number of carbonyl (C=O) groups is 2. The predicted molar refractivity (Wildman–Crippen MR) is 102 cm³/mol. The minimum atomic E-state index is -0.0905. The Morgan fingerprint density at radius 2 is 1.93 bits per heavy atom. The highest BCUT2D eigenvalue weighted by Crippen LogP contribution is 2.46. The van der Waals surface area contributed by atoms with Crippen LogP contribution in [0.1, 0.15) is 34.6 Å². The van der Waals surface area contributed by atoms with Gasteiger partial charge in [-0.05, 0) is 18.1 Å². The Labute approximate surface area is 163 Å². The van der Waals surface area contributed by atoms with Gasteiger partial charge in [0.25, 0.3) is 5.91 Å². The summed E-state index contributed by atoms with van der Waals surface area (Å²) in [6.07, 6.45) is 1.50. The number of nitrogens with zero attached hydrogens (tertiary/aromatic N) is 4. The van der Waals surface area contributed by atoms with E-state index in [-0.39, 0.29) is 29.7 Å². The van der Waals surface area contributed by atoms with Crippen molar-refractivity contribution >= 4 is 23.4 Å². The lowest BCUT2D eigenvalue weighted by atomic mass is 9.87. The molecular formula is C20H23ClN4O2. The summed E-state index contributed by atoms with van der Waals surface area (Å²) >= 11 is 6.17. The van der Waals surface area contributed by atoms with Crippen LogP contribution in [0.15, 0.2) is 30.5 Å². The number of benzene rings is 1. The maximum absolute atomic E-state index is 13.0. The Morgan fingerprint density at radius 3 is 2.56 bits per heavy atom. The predicted octanol–water partition coefficient (Wildman–Crippen LogP) is 2.67. The largest absolute Gasteiger partial charge is 0.337 e. The van der Waals surface area contributed by atoms with Crippen LogP contribution in [0.25, 0.3) is 0 Å². The highest BCUT2D eigenvalue weighted by Gasteiger charge is 2.50. The summed E-state index contributed by atoms with van der Waals surface area (Å²) in [5, 5.41) is 4.45. The molecule has 0 unspecified atom stereocenters. The Kier molecular flexibility index (Phi) is 4.46. The Bertz CT molecular complexity index is 890. The standard InChI is InChI=1S/C20H23ClN4O2/c1-12-6-4-5-7-15(12)18-16-11-24(9-14(16)10-25(18)13(2)26)20(27)19-17(21)8-22-23(19)3/h4-8,14,16,18H,9-11H2,1-3H3/t14-,16-,18-/m1/s1. The van der Waals surface area contributed by atoms with Gasteiger partial charge in [0.05, 0.1) is 17.3 Å². The van der Waals surface area contributed by atoms with E-state index in [4.69, 9.17) is 11.6 Å². The van der Waals surface area contributed by atoms with Crippen LogP contribution in [-0.2, 0) is 11.8 Å². The van der Waals surface area contributed by atoms with Crippen LogP contribution < -0.4 is 0 Å². The molecule has 27 heavy (non-hydrogen) atoms. The van der Waals surface area contributed by atoms with Crippen molar-refractivity contribution < 1.29 is 9.59 Å². The molecule has 0 N–H and O–H groups in total. The molecule has 2 aromatic rings. The number of amides is 2. The van der Waals surface area contributed by atoms with E-state index in [2.05, 4.69) is 24.2 Å². The summed E-state index contributed by atoms with van der Waals surface area (Å²) in [7, 11) is 1.73. The molecule has 2 aliphatic heterocycles. The number of aromatic nitrogens is 2. The van der Waals surface area contributed by atoms with Gasteiger partial charge < -0.3 is 9.80 Å². The molecule has 4 rings (SSSR count). The van der Waals surface area contributed by atoms with Gasteiger partial charge in [0.1, 0.15) is 5.69 Å². The van der Waals surface area contributed by atoms with Gasteiger partial charge >= 0.3 is 0 Å². The summed E-state index contributed by atoms with van der Waals surface area (Å²) in [4.78, 5) is 29.1. The number of likely N-dealkylation sites (tertiary alicyclic amines) is 2. The van der Waals surface area contributed by atoms with E-state index >= 15 is 0 Å². The van der Waals surface area contributed by atoms with Crippen LogP contribution in [-0.4, -0.2) is 51.0 Å². The molecule has 2 aliphatic rings. The van der Waals surface area contributed by atoms with Crippen molar-refractivity contribution in [3.05, 3.63) is 52.3 Å². The number of aryl methyl sites for hydroxylation is 2. The van der Waals surface area contributed by atoms with Crippen LogP contribution in [0.5, 0.6) is 0 Å². The highest BCUT2D eigenvalue weighted by atomic mass is 35.5. The van der Waals surface area contributed by atoms with Gasteiger partial charge in [0.2, 0.25) is 5.91 Å². The van der Waals surface area contributed by atoms with E-state index in [0.29, 0.717) is 30.4 Å². The first-order chi connectivity index (χ1) is 12.9. The molecule has 142 valence electrons. The quantitative estimate of drug-likeness (QED) is 0.797. The molecule has 0 spiro atoms. The minimum absolute atomic E-state index is 0.00788. The van der Waals surface area contributed by atoms with Crippen molar-refractivity contribution in [2.75, 3.05) is 19.6 Å². The van der Waals surface area contributed by atoms with Crippen LogP contribution in [0.4, 0.5) is 0 Å². The number of rotatable bonds is 2. The van der Waals surface area contributed by atoms with Crippen LogP contribution in [0, 0.1) is 18.8 Å². The zero-order valence-electron chi connectivity index (χ0n) is 15.7. The fourth-order valence-corrected chi connectivity index (χ4v) is 4.90. The lowest BCUT2D eigenvalue weighted by Crippen LogP contribution is -2.37. The van der Waals surface area contributed by atoms with Crippen molar-refractivity contribution in [3.8, 4) is 0 Å². The molecule has 1 aromatic heterocycles. The molecule has 1 aromatic carbocycles. The van der Waals surface area contributed by atoms with E-state index in [0.717, 1.165) is 0 Å². The third-order valence-corrected chi connectivity index (χ3v) is 6.24. The van der Waals surface area contributed by atoms with Crippen molar-refractivity contribution in [1.29, 1.82) is 0 Å². The fraction of sp³-hybridized carbons (Fsp3) is 0.450. The molecule has 0 aliphatic carbocycles. The molecule has 7 heteroatoms. The average molecular weight is 387 g/mol. The van der Waals surface area contributed by atoms with Crippen molar-refractivity contribution in [2.24, 2.45) is 18.9 Å². The van der Waals surface area contributed by atoms with Crippen molar-refractivity contribution in [1.82, 2.24) is 19.6 Å². The summed E-state index contributed by atoms with van der Waals surface area (Å²) in [6.45, 7) is 5.64. The second kappa shape index (κ2) is 6.68. The summed E-state index contributed by atoms with van der Waals surface area (Å²) in [6, 6.07) is 8.21. The van der Waals surface area contributed by atoms with E-state index in [9.17, 15) is 9.59 Å². The Hall–Kier alpha value is -2.34. The van der Waals surface area contributed by atoms with E-state index < -0.39 is 0 Å². The fourth-order valence-electron chi connectivity index (χ4n) is 4.65. The first-order valence-electron chi connectivity index (χ1n) is 9.18. The number of hydrogen-bond acceptors (Lipinski definition) is 3. The van der Waals surface area contributed by atoms with Gasteiger partial charge in [-0.25, -0.2) is 0 Å². The zero-order chi connectivity index (χ0) is 19.3. The third kappa shape index (κ3) is 2.92. The molecule has 2 fully saturated rings. The van der Waals surface area contributed by atoms with E-state index in [1.54, 1.807) is 14.0 Å². The molecule has 3 atom stereocenters. The van der Waals surface area contributed by atoms with Crippen molar-refractivity contribution in [2.45, 2.75) is 19.9 Å². The van der Waals surface area contributed by atoms with E-state index in [1.807, 2.05) is 21.9 Å². The van der Waals surface area contributed by atoms with Crippen LogP contribution >= 0.6 is 11.6 Å². The molecular weight excluding hydrogens is 364 g/mol. The van der Waals surface area contributed by atoms with Gasteiger partial charge in [-0.1, -0.05) is 35.9 Å². The van der Waals surface area contributed by atoms with Gasteiger partial charge in [-0.3, -0.25) is 14.3 Å². The Balaban J connectivity index is 1.64. The minimum Gasteiger partial charge on any atom is -0.337 e. The maximum Gasteiger partial charge on any atom is 0.273 e. The third-order valence-electron chi connectivity index (χ3n) is 5.96. The first kappa shape index (κ1) is 18.0. The first-order valence-corrected chi connectivity index (χ1v) is 9.55. The Morgan fingerprint density at radius 1 is 1.19 bits per heavy atom. The van der Waals surface area contributed by atoms with E-state index in [1.165, 1.54) is 22.0 Å². The normalized spacial score (nSPS) is 24.4. The van der Waals surface area contributed by atoms with Crippen molar-refractivity contribution in [3.63, 3.8) is 0 Å². The van der Waals surface area contributed by atoms with Gasteiger partial charge in [0.15, 0.2) is 0 Å². The van der Waals surface area contributed by atoms with Crippen LogP contribution in [0.3, 0.4) is 0 Å². The number of fused-ring (bicyclic) bond motifs is 1. The SMILES string of the molecule is CC(=O)N1C[C@H]2CN(C(=O)c3c(Cl)cnn3C)C[C@H]2[C@H]1c1ccccc1C. The molecule has 2 amide bonds. The average Bonchev–Trinajstić information content (AvgIpc) is 3.28. The molecule has 0 radical (unpaired) electrons. The smallest absolute Gasteiger partial charge is 0.273 e. The number of halogens is 1. The van der Waals surface area contributed by atoms with Crippen LogP contribution in [0.2, 0.25) is 5.02 Å². The second-order valence-corrected chi connectivity index (χ2v) is 7.98. The topological polar surface area (TPSA) is 58.4 Å². The maximum atomic E-state index is 13.0. The van der Waals surface area contributed by atoms with Gasteiger partial charge in [0, 0.05) is 45.4 Å². The lowest BCUT2D eigenvalue weighted by Gasteiger charge is -2.30. The lowest BCUT2D eigenvalue weighted by molar-refractivity contribution is -0.130. The number of carbonyl (C=O) groups excluding carboxylic acids is 2. The van der Waals surface area contributed by atoms with Gasteiger partial charge in [-0.2, -0.15) is 5.10 Å². The zero-order valence-corrected chi connectivity index (χ0v) is 16.5. The molecule has 2 saturated heterocycles. The molecule has 0 bridgehead atoms. The summed E-state index contributed by atoms with van der Waals surface area (Å²) in [5.74, 6) is 0.498. The second-order valence-electron chi connectivity index (χ2n) is 7.57. The monoisotopic (exact) mass is 386 g/mol. The number of hydrogen-bond donors (Lipinski definition) is 0. The molecule has 6 nitrogen and oxygen atoms in total. The summed E-state index contributed by atoms with van der Waals surface area (Å²) in [5.41, 5.74) is 2.77. The molecule has 3 heterocycles. The van der Waals surface area contributed by atoms with Gasteiger partial charge in [-0.15, -0.1) is 0 Å².